The number of carbonyl (C=O) groups is 4. The average molecular weight is 403 g/mol. The van der Waals surface area contributed by atoms with Gasteiger partial charge in [0.25, 0.3) is 11.8 Å². The number of para-hydroxylation sites is 1. The third-order valence-electron chi connectivity index (χ3n) is 5.04. The highest BCUT2D eigenvalue weighted by molar-refractivity contribution is 6.09. The summed E-state index contributed by atoms with van der Waals surface area (Å²) in [5, 5.41) is 5.42. The molecule has 1 aromatic carbocycles. The first-order valence-corrected chi connectivity index (χ1v) is 9.68. The standard InChI is InChI=1S/C20H25N3O6/c1-3-6-13(2)21-16(24)12-29-17(25)11-23-18(26)20(22-19(23)27)9-10-28-15-8-5-4-7-14(15)20/h4-5,7-8,13H,3,6,9-12H2,1-2H3,(H,21,24)(H,22,27)/t13-,20+/m1/s1. The molecule has 1 saturated heterocycles. The largest absolute Gasteiger partial charge is 0.493 e. The van der Waals surface area contributed by atoms with Crippen molar-refractivity contribution in [1.82, 2.24) is 15.5 Å². The van der Waals surface area contributed by atoms with Gasteiger partial charge in [0, 0.05) is 18.0 Å². The van der Waals surface area contributed by atoms with E-state index in [4.69, 9.17) is 9.47 Å². The molecule has 4 amide bonds. The zero-order valence-corrected chi connectivity index (χ0v) is 16.5. The number of benzene rings is 1. The molecule has 3 rings (SSSR count). The number of nitrogens with one attached hydrogen (secondary N) is 2. The smallest absolute Gasteiger partial charge is 0.326 e. The van der Waals surface area contributed by atoms with Crippen molar-refractivity contribution in [2.24, 2.45) is 0 Å². The van der Waals surface area contributed by atoms with E-state index in [9.17, 15) is 19.2 Å². The molecule has 156 valence electrons. The summed E-state index contributed by atoms with van der Waals surface area (Å²) in [7, 11) is 0. The molecule has 0 aliphatic carbocycles. The Morgan fingerprint density at radius 2 is 2.10 bits per heavy atom. The van der Waals surface area contributed by atoms with Crippen LogP contribution in [0.15, 0.2) is 24.3 Å². The van der Waals surface area contributed by atoms with Crippen LogP contribution >= 0.6 is 0 Å². The Bertz CT molecular complexity index is 826. The van der Waals surface area contributed by atoms with E-state index in [-0.39, 0.29) is 19.1 Å². The van der Waals surface area contributed by atoms with Crippen LogP contribution in [0.3, 0.4) is 0 Å². The van der Waals surface area contributed by atoms with Gasteiger partial charge in [-0.2, -0.15) is 0 Å². The minimum atomic E-state index is -1.25. The minimum absolute atomic E-state index is 0.0226. The number of fused-ring (bicyclic) bond motifs is 2. The number of urea groups is 1. The zero-order valence-electron chi connectivity index (χ0n) is 16.5. The number of imide groups is 1. The monoisotopic (exact) mass is 403 g/mol. The van der Waals surface area contributed by atoms with Gasteiger partial charge in [0.15, 0.2) is 12.1 Å². The number of carbonyl (C=O) groups excluding carboxylic acids is 4. The Kier molecular flexibility index (Phi) is 6.05. The zero-order chi connectivity index (χ0) is 21.0. The predicted molar refractivity (Wildman–Crippen MR) is 102 cm³/mol. The van der Waals surface area contributed by atoms with E-state index in [1.54, 1.807) is 24.3 Å². The molecule has 2 aliphatic heterocycles. The molecule has 2 N–H and O–H groups in total. The van der Waals surface area contributed by atoms with Gasteiger partial charge in [0.05, 0.1) is 6.61 Å². The lowest BCUT2D eigenvalue weighted by Crippen LogP contribution is -2.47. The summed E-state index contributed by atoms with van der Waals surface area (Å²) in [6, 6.07) is 6.28. The summed E-state index contributed by atoms with van der Waals surface area (Å²) in [4.78, 5) is 50.2. The number of esters is 1. The second kappa shape index (κ2) is 8.50. The fourth-order valence-corrected chi connectivity index (χ4v) is 3.66. The lowest BCUT2D eigenvalue weighted by molar-refractivity contribution is -0.151. The van der Waals surface area contributed by atoms with E-state index in [2.05, 4.69) is 10.6 Å². The number of ether oxygens (including phenoxy) is 2. The van der Waals surface area contributed by atoms with E-state index in [1.165, 1.54) is 0 Å². The Morgan fingerprint density at radius 3 is 2.86 bits per heavy atom. The lowest BCUT2D eigenvalue weighted by atomic mass is 9.84. The van der Waals surface area contributed by atoms with Gasteiger partial charge in [-0.3, -0.25) is 19.3 Å². The van der Waals surface area contributed by atoms with Crippen LogP contribution in [0.1, 0.15) is 38.7 Å². The van der Waals surface area contributed by atoms with Crippen LogP contribution in [0, 0.1) is 0 Å². The molecule has 1 spiro atoms. The van der Waals surface area contributed by atoms with Gasteiger partial charge >= 0.3 is 12.0 Å². The summed E-state index contributed by atoms with van der Waals surface area (Å²) in [5.41, 5.74) is -0.691. The van der Waals surface area contributed by atoms with Crippen LogP contribution < -0.4 is 15.4 Å². The first-order valence-electron chi connectivity index (χ1n) is 9.68. The van der Waals surface area contributed by atoms with Crippen molar-refractivity contribution in [3.05, 3.63) is 29.8 Å². The van der Waals surface area contributed by atoms with Crippen molar-refractivity contribution >= 4 is 23.8 Å². The topological polar surface area (TPSA) is 114 Å². The van der Waals surface area contributed by atoms with Gasteiger partial charge in [-0.1, -0.05) is 31.5 Å². The highest BCUT2D eigenvalue weighted by Gasteiger charge is 2.55. The third-order valence-corrected chi connectivity index (χ3v) is 5.04. The van der Waals surface area contributed by atoms with E-state index in [1.807, 2.05) is 13.8 Å². The average Bonchev–Trinajstić information content (AvgIpc) is 2.92. The summed E-state index contributed by atoms with van der Waals surface area (Å²) < 4.78 is 10.5. The van der Waals surface area contributed by atoms with Crippen molar-refractivity contribution < 1.29 is 28.7 Å². The maximum atomic E-state index is 13.0. The van der Waals surface area contributed by atoms with Crippen LogP contribution in [0.25, 0.3) is 0 Å². The normalized spacial score (nSPS) is 21.2. The van der Waals surface area contributed by atoms with Crippen molar-refractivity contribution in [3.63, 3.8) is 0 Å². The minimum Gasteiger partial charge on any atom is -0.493 e. The van der Waals surface area contributed by atoms with Crippen LogP contribution in [0.2, 0.25) is 0 Å². The molecule has 0 bridgehead atoms. The predicted octanol–water partition coefficient (Wildman–Crippen LogP) is 1.06. The molecule has 1 aromatic rings. The molecule has 0 saturated carbocycles. The van der Waals surface area contributed by atoms with Crippen molar-refractivity contribution in [2.45, 2.75) is 44.7 Å². The van der Waals surface area contributed by atoms with Crippen molar-refractivity contribution in [1.29, 1.82) is 0 Å². The molecule has 0 aromatic heterocycles. The van der Waals surface area contributed by atoms with Gasteiger partial charge < -0.3 is 20.1 Å². The number of hydrogen-bond acceptors (Lipinski definition) is 6. The maximum Gasteiger partial charge on any atom is 0.326 e. The Morgan fingerprint density at radius 1 is 1.34 bits per heavy atom. The first kappa shape index (κ1) is 20.6. The summed E-state index contributed by atoms with van der Waals surface area (Å²) in [6.07, 6.45) is 2.00. The first-order chi connectivity index (χ1) is 13.9. The third kappa shape index (κ3) is 4.18. The Balaban J connectivity index is 1.61. The lowest BCUT2D eigenvalue weighted by Gasteiger charge is -2.33. The van der Waals surface area contributed by atoms with Gasteiger partial charge in [0.1, 0.15) is 12.3 Å². The van der Waals surface area contributed by atoms with Crippen molar-refractivity contribution in [3.8, 4) is 5.75 Å². The summed E-state index contributed by atoms with van der Waals surface area (Å²) >= 11 is 0. The highest BCUT2D eigenvalue weighted by Crippen LogP contribution is 2.40. The molecule has 9 nitrogen and oxygen atoms in total. The Hall–Kier alpha value is -3.10. The second-order valence-electron chi connectivity index (χ2n) is 7.24. The molecule has 0 radical (unpaired) electrons. The van der Waals surface area contributed by atoms with Gasteiger partial charge in [0.2, 0.25) is 0 Å². The number of amides is 4. The van der Waals surface area contributed by atoms with Gasteiger partial charge in [-0.15, -0.1) is 0 Å². The molecule has 2 aliphatic rings. The molecule has 1 fully saturated rings. The maximum absolute atomic E-state index is 13.0. The molecule has 2 atom stereocenters. The molecule has 9 heteroatoms. The van der Waals surface area contributed by atoms with Gasteiger partial charge in [-0.25, -0.2) is 4.79 Å². The van der Waals surface area contributed by atoms with Crippen LogP contribution in [-0.2, 0) is 24.7 Å². The molecular weight excluding hydrogens is 378 g/mol. The van der Waals surface area contributed by atoms with Crippen LogP contribution in [0.4, 0.5) is 4.79 Å². The quantitative estimate of drug-likeness (QED) is 0.520. The van der Waals surface area contributed by atoms with Gasteiger partial charge in [-0.05, 0) is 19.4 Å². The summed E-state index contributed by atoms with van der Waals surface area (Å²) in [5.74, 6) is -1.26. The number of rotatable bonds is 7. The van der Waals surface area contributed by atoms with Crippen molar-refractivity contribution in [2.75, 3.05) is 19.8 Å². The fraction of sp³-hybridized carbons (Fsp3) is 0.500. The SMILES string of the molecule is CCC[C@@H](C)NC(=O)COC(=O)CN1C(=O)N[C@]2(CCOc3ccccc32)C1=O. The Labute approximate surface area is 168 Å². The highest BCUT2D eigenvalue weighted by atomic mass is 16.5. The van der Waals surface area contributed by atoms with Crippen LogP contribution in [-0.4, -0.2) is 54.5 Å². The number of nitrogens with zero attached hydrogens (tertiary/aromatic N) is 1. The molecule has 0 unspecified atom stereocenters. The molecule has 2 heterocycles. The van der Waals surface area contributed by atoms with E-state index in [0.717, 1.165) is 17.7 Å². The van der Waals surface area contributed by atoms with E-state index >= 15 is 0 Å². The van der Waals surface area contributed by atoms with E-state index in [0.29, 0.717) is 11.3 Å². The summed E-state index contributed by atoms with van der Waals surface area (Å²) in [6.45, 7) is 3.11. The fourth-order valence-electron chi connectivity index (χ4n) is 3.66. The molecule has 29 heavy (non-hydrogen) atoms. The second-order valence-corrected chi connectivity index (χ2v) is 7.24. The van der Waals surface area contributed by atoms with E-state index < -0.39 is 42.5 Å². The van der Waals surface area contributed by atoms with Crippen LogP contribution in [0.5, 0.6) is 5.75 Å². The molecular formula is C20H25N3O6. The number of hydrogen-bond donors (Lipinski definition) is 2.